The first-order chi connectivity index (χ1) is 5.52. The Hall–Kier alpha value is -0.0400. The molecule has 0 spiro atoms. The summed E-state index contributed by atoms with van der Waals surface area (Å²) >= 11 is 0. The summed E-state index contributed by atoms with van der Waals surface area (Å²) in [5.74, 6) is 1.64. The van der Waals surface area contributed by atoms with E-state index >= 15 is 0 Å². The first-order valence-corrected chi connectivity index (χ1v) is 5.18. The first kappa shape index (κ1) is 8.55. The van der Waals surface area contributed by atoms with Gasteiger partial charge < -0.3 is 4.74 Å². The van der Waals surface area contributed by atoms with Gasteiger partial charge in [-0.2, -0.15) is 0 Å². The lowest BCUT2D eigenvalue weighted by Gasteiger charge is -2.32. The molecular weight excluding hydrogens is 148 g/mol. The Kier molecular flexibility index (Phi) is 1.76. The highest BCUT2D eigenvalue weighted by atomic mass is 16.6. The van der Waals surface area contributed by atoms with Gasteiger partial charge in [0.15, 0.2) is 0 Å². The Morgan fingerprint density at radius 2 is 2.00 bits per heavy atom. The summed E-state index contributed by atoms with van der Waals surface area (Å²) in [6.45, 7) is 9.33. The molecule has 0 aromatic rings. The molecule has 1 nitrogen and oxygen atoms in total. The van der Waals surface area contributed by atoms with Gasteiger partial charge in [-0.25, -0.2) is 0 Å². The summed E-state index contributed by atoms with van der Waals surface area (Å²) in [7, 11) is 0. The van der Waals surface area contributed by atoms with E-state index in [4.69, 9.17) is 4.74 Å². The van der Waals surface area contributed by atoms with Crippen LogP contribution in [0.3, 0.4) is 0 Å². The molecule has 2 rings (SSSR count). The molecule has 12 heavy (non-hydrogen) atoms. The molecule has 2 fully saturated rings. The minimum atomic E-state index is 0.454. The van der Waals surface area contributed by atoms with Crippen LogP contribution in [0.4, 0.5) is 0 Å². The molecule has 0 aromatic heterocycles. The van der Waals surface area contributed by atoms with E-state index in [-0.39, 0.29) is 0 Å². The van der Waals surface area contributed by atoms with Crippen molar-refractivity contribution in [2.75, 3.05) is 0 Å². The third kappa shape index (κ3) is 1.19. The third-order valence-corrected chi connectivity index (χ3v) is 3.70. The van der Waals surface area contributed by atoms with Crippen LogP contribution in [0, 0.1) is 17.3 Å². The average molecular weight is 168 g/mol. The van der Waals surface area contributed by atoms with Crippen molar-refractivity contribution >= 4 is 0 Å². The predicted molar refractivity (Wildman–Crippen MR) is 50.0 cm³/mol. The number of hydrogen-bond donors (Lipinski definition) is 0. The normalized spacial score (nSPS) is 44.2. The second-order valence-electron chi connectivity index (χ2n) is 5.46. The summed E-state index contributed by atoms with van der Waals surface area (Å²) in [5, 5.41) is 0. The lowest BCUT2D eigenvalue weighted by atomic mass is 9.70. The zero-order chi connectivity index (χ0) is 8.93. The van der Waals surface area contributed by atoms with Gasteiger partial charge in [0.1, 0.15) is 0 Å². The van der Waals surface area contributed by atoms with Crippen molar-refractivity contribution in [3.05, 3.63) is 0 Å². The Morgan fingerprint density at radius 1 is 1.33 bits per heavy atom. The molecule has 1 heterocycles. The summed E-state index contributed by atoms with van der Waals surface area (Å²) < 4.78 is 5.77. The zero-order valence-corrected chi connectivity index (χ0v) is 8.63. The largest absolute Gasteiger partial charge is 0.369 e. The van der Waals surface area contributed by atoms with Crippen LogP contribution in [-0.2, 0) is 4.74 Å². The van der Waals surface area contributed by atoms with Gasteiger partial charge in [-0.3, -0.25) is 0 Å². The van der Waals surface area contributed by atoms with Crippen molar-refractivity contribution in [2.45, 2.75) is 52.7 Å². The highest BCUT2D eigenvalue weighted by Crippen LogP contribution is 2.52. The lowest BCUT2D eigenvalue weighted by molar-refractivity contribution is 0.201. The van der Waals surface area contributed by atoms with Gasteiger partial charge in [-0.1, -0.05) is 27.7 Å². The summed E-state index contributed by atoms with van der Waals surface area (Å²) in [5.41, 5.74) is 0.454. The number of rotatable bonds is 1. The van der Waals surface area contributed by atoms with Crippen molar-refractivity contribution in [2.24, 2.45) is 17.3 Å². The summed E-state index contributed by atoms with van der Waals surface area (Å²) in [6, 6.07) is 0. The molecule has 0 aromatic carbocycles. The molecule has 1 aliphatic carbocycles. The van der Waals surface area contributed by atoms with E-state index in [1.54, 1.807) is 0 Å². The summed E-state index contributed by atoms with van der Waals surface area (Å²) in [4.78, 5) is 0. The van der Waals surface area contributed by atoms with Crippen molar-refractivity contribution < 1.29 is 4.74 Å². The van der Waals surface area contributed by atoms with Crippen molar-refractivity contribution in [1.29, 1.82) is 0 Å². The van der Waals surface area contributed by atoms with Gasteiger partial charge in [0, 0.05) is 0 Å². The number of epoxide rings is 1. The average Bonchev–Trinajstić information content (AvgIpc) is 2.65. The maximum absolute atomic E-state index is 5.77. The van der Waals surface area contributed by atoms with E-state index in [9.17, 15) is 0 Å². The second-order valence-corrected chi connectivity index (χ2v) is 5.46. The fourth-order valence-electron chi connectivity index (χ4n) is 2.64. The molecule has 1 aliphatic heterocycles. The van der Waals surface area contributed by atoms with E-state index in [0.717, 1.165) is 11.8 Å². The first-order valence-electron chi connectivity index (χ1n) is 5.18. The molecule has 3 atom stereocenters. The van der Waals surface area contributed by atoms with Crippen LogP contribution in [0.15, 0.2) is 0 Å². The zero-order valence-electron chi connectivity index (χ0n) is 8.63. The maximum Gasteiger partial charge on any atom is 0.0895 e. The van der Waals surface area contributed by atoms with Gasteiger partial charge in [-0.15, -0.1) is 0 Å². The van der Waals surface area contributed by atoms with E-state index in [2.05, 4.69) is 27.7 Å². The second kappa shape index (κ2) is 2.47. The van der Waals surface area contributed by atoms with Gasteiger partial charge in [0.25, 0.3) is 0 Å². The molecule has 0 bridgehead atoms. The van der Waals surface area contributed by atoms with E-state index < -0.39 is 0 Å². The SMILES string of the molecule is CC(C)C1CCC(C)(C)[C@H]2OC12. The van der Waals surface area contributed by atoms with Gasteiger partial charge >= 0.3 is 0 Å². The lowest BCUT2D eigenvalue weighted by Crippen LogP contribution is -2.32. The predicted octanol–water partition coefficient (Wildman–Crippen LogP) is 2.85. The minimum absolute atomic E-state index is 0.454. The van der Waals surface area contributed by atoms with Crippen LogP contribution in [0.5, 0.6) is 0 Å². The molecule has 0 N–H and O–H groups in total. The third-order valence-electron chi connectivity index (χ3n) is 3.70. The van der Waals surface area contributed by atoms with E-state index in [1.807, 2.05) is 0 Å². The van der Waals surface area contributed by atoms with Crippen LogP contribution in [0.2, 0.25) is 0 Å². The van der Waals surface area contributed by atoms with Crippen molar-refractivity contribution in [1.82, 2.24) is 0 Å². The molecule has 1 saturated heterocycles. The van der Waals surface area contributed by atoms with Crippen LogP contribution >= 0.6 is 0 Å². The quantitative estimate of drug-likeness (QED) is 0.548. The topological polar surface area (TPSA) is 12.5 Å². The van der Waals surface area contributed by atoms with Crippen LogP contribution in [-0.4, -0.2) is 12.2 Å². The molecule has 0 radical (unpaired) electrons. The molecule has 70 valence electrons. The van der Waals surface area contributed by atoms with Gasteiger partial charge in [-0.05, 0) is 30.1 Å². The van der Waals surface area contributed by atoms with Gasteiger partial charge in [0.05, 0.1) is 12.2 Å². The minimum Gasteiger partial charge on any atom is -0.369 e. The maximum atomic E-state index is 5.77. The smallest absolute Gasteiger partial charge is 0.0895 e. The highest BCUT2D eigenvalue weighted by Gasteiger charge is 2.56. The molecule has 2 aliphatic rings. The van der Waals surface area contributed by atoms with Crippen LogP contribution < -0.4 is 0 Å². The molecular formula is C11H20O. The number of ether oxygens (including phenoxy) is 1. The van der Waals surface area contributed by atoms with Crippen LogP contribution in [0.25, 0.3) is 0 Å². The number of hydrogen-bond acceptors (Lipinski definition) is 1. The molecule has 0 amide bonds. The van der Waals surface area contributed by atoms with E-state index in [0.29, 0.717) is 17.6 Å². The monoisotopic (exact) mass is 168 g/mol. The Balaban J connectivity index is 2.03. The standard InChI is InChI=1S/C11H20O/c1-7(2)8-5-6-11(3,4)10-9(8)12-10/h7-10H,5-6H2,1-4H3/t8?,9?,10-/m0/s1. The van der Waals surface area contributed by atoms with Crippen LogP contribution in [0.1, 0.15) is 40.5 Å². The Labute approximate surface area is 75.5 Å². The Bertz CT molecular complexity index is 183. The number of fused-ring (bicyclic) bond motifs is 1. The molecule has 2 unspecified atom stereocenters. The molecule has 1 saturated carbocycles. The Morgan fingerprint density at radius 3 is 2.58 bits per heavy atom. The fraction of sp³-hybridized carbons (Fsp3) is 1.00. The van der Waals surface area contributed by atoms with Crippen molar-refractivity contribution in [3.8, 4) is 0 Å². The van der Waals surface area contributed by atoms with Gasteiger partial charge in [0.2, 0.25) is 0 Å². The summed E-state index contributed by atoms with van der Waals surface area (Å²) in [6.07, 6.45) is 3.90. The fourth-order valence-corrected chi connectivity index (χ4v) is 2.64. The molecule has 1 heteroatoms. The highest BCUT2D eigenvalue weighted by molar-refractivity contribution is 5.04. The van der Waals surface area contributed by atoms with Crippen molar-refractivity contribution in [3.63, 3.8) is 0 Å². The van der Waals surface area contributed by atoms with E-state index in [1.165, 1.54) is 12.8 Å².